The molecule has 70 valence electrons. The van der Waals surface area contributed by atoms with E-state index in [2.05, 4.69) is 12.1 Å². The number of rotatable bonds is 0. The van der Waals surface area contributed by atoms with E-state index in [-0.39, 0.29) is 0 Å². The molecule has 14 heavy (non-hydrogen) atoms. The number of nitrogens with two attached hydrogens (primary N) is 2. The SMILES string of the molecule is Nc1ccc2ccc(N)c3c2c1CC3. The van der Waals surface area contributed by atoms with Crippen molar-refractivity contribution in [1.29, 1.82) is 0 Å². The normalized spacial score (nSPS) is 13.7. The van der Waals surface area contributed by atoms with Gasteiger partial charge in [-0.15, -0.1) is 0 Å². The quantitative estimate of drug-likeness (QED) is 0.616. The molecule has 0 saturated heterocycles. The zero-order valence-electron chi connectivity index (χ0n) is 7.88. The number of hydrogen-bond donors (Lipinski definition) is 2. The summed E-state index contributed by atoms with van der Waals surface area (Å²) in [5.41, 5.74) is 16.3. The summed E-state index contributed by atoms with van der Waals surface area (Å²) in [5, 5.41) is 2.56. The molecule has 0 saturated carbocycles. The van der Waals surface area contributed by atoms with Gasteiger partial charge in [0, 0.05) is 11.4 Å². The summed E-state index contributed by atoms with van der Waals surface area (Å²) in [6, 6.07) is 8.12. The van der Waals surface area contributed by atoms with Gasteiger partial charge < -0.3 is 11.5 Å². The molecule has 0 heterocycles. The molecule has 0 radical (unpaired) electrons. The van der Waals surface area contributed by atoms with Gasteiger partial charge in [-0.05, 0) is 46.9 Å². The minimum atomic E-state index is 0.904. The molecule has 0 fully saturated rings. The Bertz CT molecular complexity index is 485. The molecule has 0 bridgehead atoms. The monoisotopic (exact) mass is 184 g/mol. The van der Waals surface area contributed by atoms with Crippen LogP contribution in [0, 0.1) is 0 Å². The van der Waals surface area contributed by atoms with E-state index < -0.39 is 0 Å². The third kappa shape index (κ3) is 0.803. The maximum atomic E-state index is 5.94. The van der Waals surface area contributed by atoms with Crippen molar-refractivity contribution in [3.05, 3.63) is 35.4 Å². The van der Waals surface area contributed by atoms with Crippen molar-refractivity contribution in [2.24, 2.45) is 0 Å². The lowest BCUT2D eigenvalue weighted by Gasteiger charge is -2.06. The Labute approximate surface area is 82.5 Å². The van der Waals surface area contributed by atoms with Crippen LogP contribution >= 0.6 is 0 Å². The van der Waals surface area contributed by atoms with Gasteiger partial charge in [-0.1, -0.05) is 12.1 Å². The highest BCUT2D eigenvalue weighted by Gasteiger charge is 2.18. The zero-order chi connectivity index (χ0) is 9.71. The first-order valence-corrected chi connectivity index (χ1v) is 4.86. The van der Waals surface area contributed by atoms with Gasteiger partial charge in [-0.3, -0.25) is 0 Å². The average molecular weight is 184 g/mol. The minimum Gasteiger partial charge on any atom is -0.398 e. The van der Waals surface area contributed by atoms with Crippen LogP contribution < -0.4 is 11.5 Å². The van der Waals surface area contributed by atoms with Gasteiger partial charge in [0.05, 0.1) is 0 Å². The highest BCUT2D eigenvalue weighted by molar-refractivity contribution is 5.97. The highest BCUT2D eigenvalue weighted by Crippen LogP contribution is 2.37. The topological polar surface area (TPSA) is 52.0 Å². The predicted molar refractivity (Wildman–Crippen MR) is 60.2 cm³/mol. The highest BCUT2D eigenvalue weighted by atomic mass is 14.6. The van der Waals surface area contributed by atoms with Gasteiger partial charge in [0.15, 0.2) is 0 Å². The first-order chi connectivity index (χ1) is 6.77. The van der Waals surface area contributed by atoms with E-state index in [0.29, 0.717) is 0 Å². The van der Waals surface area contributed by atoms with Crippen LogP contribution in [0.25, 0.3) is 10.8 Å². The van der Waals surface area contributed by atoms with E-state index in [1.54, 1.807) is 0 Å². The number of benzene rings is 2. The molecule has 0 unspecified atom stereocenters. The van der Waals surface area contributed by atoms with Gasteiger partial charge in [-0.25, -0.2) is 0 Å². The van der Waals surface area contributed by atoms with Crippen molar-refractivity contribution in [2.45, 2.75) is 12.8 Å². The third-order valence-electron chi connectivity index (χ3n) is 3.10. The second-order valence-electron chi connectivity index (χ2n) is 3.86. The molecule has 1 aliphatic rings. The molecular formula is C12H12N2. The van der Waals surface area contributed by atoms with Gasteiger partial charge in [0.1, 0.15) is 0 Å². The van der Waals surface area contributed by atoms with Crippen LogP contribution in [0.1, 0.15) is 11.1 Å². The van der Waals surface area contributed by atoms with Gasteiger partial charge in [0.25, 0.3) is 0 Å². The van der Waals surface area contributed by atoms with Crippen molar-refractivity contribution in [3.8, 4) is 0 Å². The van der Waals surface area contributed by atoms with Crippen LogP contribution in [-0.4, -0.2) is 0 Å². The van der Waals surface area contributed by atoms with E-state index in [1.165, 1.54) is 21.9 Å². The lowest BCUT2D eigenvalue weighted by molar-refractivity contribution is 1.03. The molecular weight excluding hydrogens is 172 g/mol. The molecule has 0 atom stereocenters. The van der Waals surface area contributed by atoms with Crippen molar-refractivity contribution < 1.29 is 0 Å². The summed E-state index contributed by atoms with van der Waals surface area (Å²) in [4.78, 5) is 0. The Morgan fingerprint density at radius 1 is 0.786 bits per heavy atom. The van der Waals surface area contributed by atoms with Crippen LogP contribution in [0.5, 0.6) is 0 Å². The number of anilines is 2. The molecule has 4 N–H and O–H groups in total. The van der Waals surface area contributed by atoms with E-state index in [1.807, 2.05) is 12.1 Å². The molecule has 1 aliphatic carbocycles. The van der Waals surface area contributed by atoms with Crippen molar-refractivity contribution in [2.75, 3.05) is 11.5 Å². The minimum absolute atomic E-state index is 0.904. The van der Waals surface area contributed by atoms with E-state index in [0.717, 1.165) is 24.2 Å². The number of aryl methyl sites for hydroxylation is 2. The maximum absolute atomic E-state index is 5.94. The van der Waals surface area contributed by atoms with Crippen LogP contribution in [0.4, 0.5) is 11.4 Å². The van der Waals surface area contributed by atoms with Crippen molar-refractivity contribution in [1.82, 2.24) is 0 Å². The largest absolute Gasteiger partial charge is 0.398 e. The van der Waals surface area contributed by atoms with Crippen LogP contribution in [0.15, 0.2) is 24.3 Å². The van der Waals surface area contributed by atoms with Gasteiger partial charge >= 0.3 is 0 Å². The Morgan fingerprint density at radius 3 is 1.79 bits per heavy atom. The maximum Gasteiger partial charge on any atom is 0.0353 e. The Balaban J connectivity index is 2.55. The Hall–Kier alpha value is -1.70. The fourth-order valence-electron chi connectivity index (χ4n) is 2.39. The second-order valence-corrected chi connectivity index (χ2v) is 3.86. The molecule has 0 aromatic heterocycles. The van der Waals surface area contributed by atoms with Gasteiger partial charge in [0.2, 0.25) is 0 Å². The summed E-state index contributed by atoms with van der Waals surface area (Å²) >= 11 is 0. The summed E-state index contributed by atoms with van der Waals surface area (Å²) in [6.45, 7) is 0. The van der Waals surface area contributed by atoms with Crippen LogP contribution in [0.2, 0.25) is 0 Å². The molecule has 3 rings (SSSR count). The Morgan fingerprint density at radius 2 is 1.29 bits per heavy atom. The predicted octanol–water partition coefficient (Wildman–Crippen LogP) is 2.10. The van der Waals surface area contributed by atoms with E-state index in [9.17, 15) is 0 Å². The lowest BCUT2D eigenvalue weighted by Crippen LogP contribution is -1.92. The van der Waals surface area contributed by atoms with Crippen molar-refractivity contribution >= 4 is 22.1 Å². The molecule has 2 aromatic carbocycles. The van der Waals surface area contributed by atoms with Gasteiger partial charge in [-0.2, -0.15) is 0 Å². The first-order valence-electron chi connectivity index (χ1n) is 4.86. The molecule has 0 amide bonds. The van der Waals surface area contributed by atoms with Crippen LogP contribution in [0.3, 0.4) is 0 Å². The standard InChI is InChI=1S/C12H12N2/c13-10-5-1-7-2-6-11(14)9-4-3-8(10)12(7)9/h1-2,5-6H,3-4,13-14H2. The summed E-state index contributed by atoms with van der Waals surface area (Å²) in [7, 11) is 0. The molecule has 0 spiro atoms. The fraction of sp³-hybridized carbons (Fsp3) is 0.167. The molecule has 2 nitrogen and oxygen atoms in total. The lowest BCUT2D eigenvalue weighted by atomic mass is 10.0. The fourth-order valence-corrected chi connectivity index (χ4v) is 2.39. The smallest absolute Gasteiger partial charge is 0.0353 e. The summed E-state index contributed by atoms with van der Waals surface area (Å²) in [5.74, 6) is 0. The van der Waals surface area contributed by atoms with E-state index in [4.69, 9.17) is 11.5 Å². The number of nitrogen functional groups attached to an aromatic ring is 2. The Kier molecular flexibility index (Phi) is 1.32. The van der Waals surface area contributed by atoms with E-state index >= 15 is 0 Å². The third-order valence-corrected chi connectivity index (χ3v) is 3.10. The molecule has 2 heteroatoms. The zero-order valence-corrected chi connectivity index (χ0v) is 7.88. The van der Waals surface area contributed by atoms with Crippen molar-refractivity contribution in [3.63, 3.8) is 0 Å². The number of hydrogen-bond acceptors (Lipinski definition) is 2. The molecule has 0 aliphatic heterocycles. The second kappa shape index (κ2) is 2.41. The van der Waals surface area contributed by atoms with Crippen LogP contribution in [-0.2, 0) is 12.8 Å². The average Bonchev–Trinajstić information content (AvgIpc) is 2.62. The summed E-state index contributed by atoms with van der Waals surface area (Å²) in [6.07, 6.45) is 2.07. The molecule has 2 aromatic rings. The first kappa shape index (κ1) is 7.68. The summed E-state index contributed by atoms with van der Waals surface area (Å²) < 4.78 is 0.